The van der Waals surface area contributed by atoms with Crippen molar-refractivity contribution in [1.29, 1.82) is 0 Å². The minimum absolute atomic E-state index is 0.0366. The number of nitrogens with zero attached hydrogens (tertiary/aromatic N) is 1. The van der Waals surface area contributed by atoms with Crippen LogP contribution < -0.4 is 4.74 Å². The number of ether oxygens (including phenoxy) is 1. The van der Waals surface area contributed by atoms with Gasteiger partial charge in [0, 0.05) is 6.42 Å². The Kier molecular flexibility index (Phi) is 7.27. The number of esters is 1. The zero-order chi connectivity index (χ0) is 22.2. The zero-order valence-electron chi connectivity index (χ0n) is 17.2. The van der Waals surface area contributed by atoms with Crippen molar-refractivity contribution in [2.24, 2.45) is 5.92 Å². The van der Waals surface area contributed by atoms with E-state index in [1.54, 1.807) is 43.3 Å². The molecule has 3 aromatic carbocycles. The van der Waals surface area contributed by atoms with E-state index in [2.05, 4.69) is 0 Å². The molecule has 0 radical (unpaired) electrons. The van der Waals surface area contributed by atoms with E-state index < -0.39 is 16.8 Å². The van der Waals surface area contributed by atoms with Gasteiger partial charge in [0.1, 0.15) is 12.0 Å². The van der Waals surface area contributed by atoms with Gasteiger partial charge in [-0.2, -0.15) is 0 Å². The summed E-state index contributed by atoms with van der Waals surface area (Å²) in [5.74, 6) is -1.05. The van der Waals surface area contributed by atoms with Crippen LogP contribution in [0.4, 0.5) is 5.69 Å². The molecule has 0 heterocycles. The van der Waals surface area contributed by atoms with Crippen LogP contribution in [0.25, 0.3) is 11.1 Å². The minimum Gasteiger partial charge on any atom is -0.426 e. The third-order valence-electron chi connectivity index (χ3n) is 5.20. The maximum Gasteiger partial charge on any atom is 0.314 e. The predicted molar refractivity (Wildman–Crippen MR) is 118 cm³/mol. The van der Waals surface area contributed by atoms with E-state index in [0.717, 1.165) is 5.56 Å². The van der Waals surface area contributed by atoms with E-state index in [4.69, 9.17) is 4.74 Å². The Balaban J connectivity index is 1.82. The molecule has 0 spiro atoms. The number of hydrogen-bond donors (Lipinski definition) is 0. The molecule has 0 N–H and O–H groups in total. The molecule has 0 aromatic heterocycles. The number of benzene rings is 3. The van der Waals surface area contributed by atoms with Gasteiger partial charge in [-0.15, -0.1) is 0 Å². The van der Waals surface area contributed by atoms with Crippen LogP contribution in [0, 0.1) is 23.0 Å². The van der Waals surface area contributed by atoms with Gasteiger partial charge in [0.2, 0.25) is 0 Å². The Morgan fingerprint density at radius 2 is 1.68 bits per heavy atom. The van der Waals surface area contributed by atoms with E-state index in [1.165, 1.54) is 0 Å². The van der Waals surface area contributed by atoms with Gasteiger partial charge in [0.15, 0.2) is 0 Å². The van der Waals surface area contributed by atoms with Crippen molar-refractivity contribution in [2.75, 3.05) is 0 Å². The molecule has 0 bridgehead atoms. The van der Waals surface area contributed by atoms with E-state index in [1.807, 2.05) is 36.4 Å². The topological polar surface area (TPSA) is 86.5 Å². The first kappa shape index (κ1) is 21.9. The number of aryl methyl sites for hydroxylation is 1. The van der Waals surface area contributed by atoms with Crippen LogP contribution in [-0.2, 0) is 16.0 Å². The molecule has 0 amide bonds. The highest BCUT2D eigenvalue weighted by molar-refractivity contribution is 5.81. The van der Waals surface area contributed by atoms with Gasteiger partial charge in [0.25, 0.3) is 5.69 Å². The quantitative estimate of drug-likeness (QED) is 0.155. The summed E-state index contributed by atoms with van der Waals surface area (Å²) in [5, 5.41) is 11.8. The van der Waals surface area contributed by atoms with Crippen LogP contribution in [0.2, 0.25) is 0 Å². The maximum atomic E-state index is 12.8. The van der Waals surface area contributed by atoms with Crippen molar-refractivity contribution >= 4 is 17.9 Å². The molecule has 0 aliphatic heterocycles. The van der Waals surface area contributed by atoms with Crippen molar-refractivity contribution in [2.45, 2.75) is 26.2 Å². The van der Waals surface area contributed by atoms with E-state index in [9.17, 15) is 19.7 Å². The van der Waals surface area contributed by atoms with Gasteiger partial charge in [0.05, 0.1) is 22.0 Å². The standard InChI is InChI=1S/C25H23NO5/c1-18-23(15-14-22(24(18)26(29)30)20-10-6-3-7-11-20)31-25(28)21(16-17-27)13-12-19-8-4-2-5-9-19/h2-11,14-15,17,21H,12-13,16H2,1H3. The van der Waals surface area contributed by atoms with E-state index >= 15 is 0 Å². The van der Waals surface area contributed by atoms with Gasteiger partial charge in [-0.3, -0.25) is 14.9 Å². The first-order chi connectivity index (χ1) is 15.0. The van der Waals surface area contributed by atoms with Gasteiger partial charge in [-0.25, -0.2) is 0 Å². The average Bonchev–Trinajstić information content (AvgIpc) is 2.78. The molecule has 0 fully saturated rings. The predicted octanol–water partition coefficient (Wildman–Crippen LogP) is 5.31. The van der Waals surface area contributed by atoms with Crippen LogP contribution in [-0.4, -0.2) is 17.2 Å². The number of aldehydes is 1. The molecule has 1 atom stereocenters. The molecule has 6 heteroatoms. The van der Waals surface area contributed by atoms with Crippen molar-refractivity contribution < 1.29 is 19.2 Å². The zero-order valence-corrected chi connectivity index (χ0v) is 17.2. The summed E-state index contributed by atoms with van der Waals surface area (Å²) in [6.07, 6.45) is 1.81. The Morgan fingerprint density at radius 3 is 2.29 bits per heavy atom. The summed E-state index contributed by atoms with van der Waals surface area (Å²) in [6.45, 7) is 1.56. The highest BCUT2D eigenvalue weighted by Crippen LogP contribution is 2.37. The monoisotopic (exact) mass is 417 g/mol. The molecule has 3 rings (SSSR count). The molecule has 1 unspecified atom stereocenters. The van der Waals surface area contributed by atoms with Gasteiger partial charge in [-0.1, -0.05) is 60.7 Å². The van der Waals surface area contributed by atoms with Crippen molar-refractivity contribution in [3.63, 3.8) is 0 Å². The molecular formula is C25H23NO5. The minimum atomic E-state index is -0.620. The lowest BCUT2D eigenvalue weighted by Crippen LogP contribution is -2.22. The number of nitro benzene ring substituents is 1. The Labute approximate surface area is 180 Å². The molecule has 0 saturated carbocycles. The summed E-state index contributed by atoms with van der Waals surface area (Å²) < 4.78 is 5.53. The van der Waals surface area contributed by atoms with Crippen LogP contribution in [0.3, 0.4) is 0 Å². The highest BCUT2D eigenvalue weighted by atomic mass is 16.6. The second kappa shape index (κ2) is 10.3. The Morgan fingerprint density at radius 1 is 1.03 bits per heavy atom. The fraction of sp³-hybridized carbons (Fsp3) is 0.200. The lowest BCUT2D eigenvalue weighted by Gasteiger charge is -2.15. The summed E-state index contributed by atoms with van der Waals surface area (Å²) >= 11 is 0. The first-order valence-electron chi connectivity index (χ1n) is 10.0. The molecule has 6 nitrogen and oxygen atoms in total. The lowest BCUT2D eigenvalue weighted by molar-refractivity contribution is -0.384. The van der Waals surface area contributed by atoms with E-state index in [0.29, 0.717) is 30.3 Å². The van der Waals surface area contributed by atoms with Crippen LogP contribution in [0.5, 0.6) is 5.75 Å². The number of carbonyl (C=O) groups is 2. The first-order valence-corrected chi connectivity index (χ1v) is 10.0. The van der Waals surface area contributed by atoms with Gasteiger partial charge in [-0.05, 0) is 43.0 Å². The van der Waals surface area contributed by atoms with Crippen LogP contribution in [0.15, 0.2) is 72.8 Å². The Hall–Kier alpha value is -3.80. The second-order valence-electron chi connectivity index (χ2n) is 7.25. The number of carbonyl (C=O) groups excluding carboxylic acids is 2. The smallest absolute Gasteiger partial charge is 0.314 e. The SMILES string of the molecule is Cc1c(OC(=O)C(CC=O)CCc2ccccc2)ccc(-c2ccccc2)c1[N+](=O)[O-]. The molecule has 3 aromatic rings. The largest absolute Gasteiger partial charge is 0.426 e. The second-order valence-corrected chi connectivity index (χ2v) is 7.25. The summed E-state index contributed by atoms with van der Waals surface area (Å²) in [6, 6.07) is 21.8. The molecule has 0 aliphatic rings. The Bertz CT molecular complexity index is 1060. The molecule has 158 valence electrons. The number of nitro groups is 1. The van der Waals surface area contributed by atoms with Gasteiger partial charge >= 0.3 is 5.97 Å². The molecular weight excluding hydrogens is 394 g/mol. The summed E-state index contributed by atoms with van der Waals surface area (Å²) in [4.78, 5) is 35.2. The highest BCUT2D eigenvalue weighted by Gasteiger charge is 2.26. The van der Waals surface area contributed by atoms with Crippen molar-refractivity contribution in [3.8, 4) is 16.9 Å². The average molecular weight is 417 g/mol. The van der Waals surface area contributed by atoms with Crippen LogP contribution in [0.1, 0.15) is 24.0 Å². The number of hydrogen-bond acceptors (Lipinski definition) is 5. The van der Waals surface area contributed by atoms with Gasteiger partial charge < -0.3 is 9.53 Å². The normalized spacial score (nSPS) is 11.5. The summed E-state index contributed by atoms with van der Waals surface area (Å²) in [5.41, 5.74) is 2.39. The van der Waals surface area contributed by atoms with E-state index in [-0.39, 0.29) is 23.4 Å². The lowest BCUT2D eigenvalue weighted by atomic mass is 9.97. The summed E-state index contributed by atoms with van der Waals surface area (Å²) in [7, 11) is 0. The third kappa shape index (κ3) is 5.42. The maximum absolute atomic E-state index is 12.8. The third-order valence-corrected chi connectivity index (χ3v) is 5.20. The molecule has 0 saturated heterocycles. The number of rotatable bonds is 9. The van der Waals surface area contributed by atoms with Crippen molar-refractivity contribution in [1.82, 2.24) is 0 Å². The molecule has 0 aliphatic carbocycles. The van der Waals surface area contributed by atoms with Crippen LogP contribution >= 0.6 is 0 Å². The molecule has 31 heavy (non-hydrogen) atoms. The van der Waals surface area contributed by atoms with Crippen molar-refractivity contribution in [3.05, 3.63) is 94.0 Å². The fourth-order valence-corrected chi connectivity index (χ4v) is 3.50. The fourth-order valence-electron chi connectivity index (χ4n) is 3.50.